The van der Waals surface area contributed by atoms with Crippen molar-refractivity contribution in [3.05, 3.63) is 199 Å². The van der Waals surface area contributed by atoms with Gasteiger partial charge in [0.2, 0.25) is 0 Å². The van der Waals surface area contributed by atoms with Crippen LogP contribution in [0.1, 0.15) is 28.6 Å². The molecule has 7 aromatic carbocycles. The highest BCUT2D eigenvalue weighted by atomic mass is 15.0. The first-order valence-electron chi connectivity index (χ1n) is 22.7. The minimum Gasteiger partial charge on any atom is -0.312 e. The molecule has 3 heterocycles. The normalized spacial score (nSPS) is 14.4. The van der Waals surface area contributed by atoms with E-state index in [9.17, 15) is 2.74 Å². The van der Waals surface area contributed by atoms with Gasteiger partial charge >= 0.3 is 0 Å². The summed E-state index contributed by atoms with van der Waals surface area (Å²) < 4.78 is 75.0. The van der Waals surface area contributed by atoms with Crippen molar-refractivity contribution in [2.75, 3.05) is 0 Å². The molecular formula is C52H36N4. The van der Waals surface area contributed by atoms with Gasteiger partial charge in [-0.3, -0.25) is 0 Å². The fraction of sp³-hybridized carbons (Fsp3) is 0.0385. The fourth-order valence-electron chi connectivity index (χ4n) is 8.15. The summed E-state index contributed by atoms with van der Waals surface area (Å²) in [5.74, 6) is 0.386. The van der Waals surface area contributed by atoms with Crippen LogP contribution in [0.3, 0.4) is 0 Å². The lowest BCUT2D eigenvalue weighted by Gasteiger charge is -2.18. The number of fused-ring (bicyclic) bond motifs is 6. The van der Waals surface area contributed by atoms with E-state index in [0.717, 1.165) is 46.3 Å². The highest BCUT2D eigenvalue weighted by Gasteiger charge is 2.22. The largest absolute Gasteiger partial charge is 0.312 e. The quantitative estimate of drug-likeness (QED) is 0.171. The van der Waals surface area contributed by atoms with Crippen LogP contribution in [0.5, 0.6) is 0 Å². The minimum absolute atomic E-state index is 0.0103. The zero-order chi connectivity index (χ0) is 44.0. The molecule has 11 rings (SSSR count). The maximum atomic E-state index is 9.21. The van der Waals surface area contributed by atoms with E-state index in [4.69, 9.17) is 18.2 Å². The van der Waals surface area contributed by atoms with E-state index in [1.807, 2.05) is 97.1 Å². The summed E-state index contributed by atoms with van der Waals surface area (Å²) in [5, 5.41) is 1.20. The van der Waals surface area contributed by atoms with Crippen LogP contribution < -0.4 is 0 Å². The number of nitrogens with zero attached hydrogens (tertiary/aromatic N) is 4. The van der Waals surface area contributed by atoms with Gasteiger partial charge in [-0.05, 0) is 72.5 Å². The van der Waals surface area contributed by atoms with Crippen molar-refractivity contribution in [1.82, 2.24) is 19.1 Å². The van der Waals surface area contributed by atoms with E-state index in [-0.39, 0.29) is 46.0 Å². The van der Waals surface area contributed by atoms with Crippen LogP contribution in [0, 0.1) is 0 Å². The highest BCUT2D eigenvalue weighted by molar-refractivity contribution is 6.09. The maximum Gasteiger partial charge on any atom is 0.160 e. The van der Waals surface area contributed by atoms with Crippen LogP contribution in [0.2, 0.25) is 0 Å². The second kappa shape index (κ2) is 13.2. The summed E-state index contributed by atoms with van der Waals surface area (Å²) in [4.78, 5) is 10.6. The Morgan fingerprint density at radius 2 is 1.14 bits per heavy atom. The van der Waals surface area contributed by atoms with Crippen molar-refractivity contribution >= 4 is 38.8 Å². The van der Waals surface area contributed by atoms with Crippen molar-refractivity contribution in [2.45, 2.75) is 12.8 Å². The molecule has 0 radical (unpaired) electrons. The molecule has 0 amide bonds. The Morgan fingerprint density at radius 3 is 1.93 bits per heavy atom. The minimum atomic E-state index is -0.494. The third kappa shape index (κ3) is 5.30. The third-order valence-electron chi connectivity index (χ3n) is 10.6. The van der Waals surface area contributed by atoms with Crippen LogP contribution in [0.25, 0.3) is 95.2 Å². The van der Waals surface area contributed by atoms with Gasteiger partial charge in [-0.15, -0.1) is 0 Å². The summed E-state index contributed by atoms with van der Waals surface area (Å²) >= 11 is 0. The Hall–Kier alpha value is -7.30. The number of hydrogen-bond donors (Lipinski definition) is 0. The Balaban J connectivity index is 1.23. The number of rotatable bonds is 6. The van der Waals surface area contributed by atoms with E-state index >= 15 is 0 Å². The van der Waals surface area contributed by atoms with Crippen LogP contribution in [-0.2, 0) is 6.42 Å². The topological polar surface area (TPSA) is 35.6 Å². The Kier molecular flexibility index (Phi) is 5.88. The number of hydrogen-bond acceptors (Lipinski definition) is 2. The van der Waals surface area contributed by atoms with Gasteiger partial charge < -0.3 is 9.13 Å². The molecule has 0 saturated carbocycles. The lowest BCUT2D eigenvalue weighted by Crippen LogP contribution is -2.05. The number of allylic oxidation sites excluding steroid dienone is 1. The summed E-state index contributed by atoms with van der Waals surface area (Å²) in [7, 11) is 0. The molecule has 0 atom stereocenters. The SMILES string of the molecule is [2H]c1c([2H])c([2H])c2c(c1[2H])c1c([2H])c([2H])c([2H])c([2H])c1n2-c1cc(-c2ccccc2)cc(-c2nc(-c3ccccc3)cc(-c3ccccc3-n3c4c(c5ccccc53)C=CCC4)n2)c1. The fourth-order valence-corrected chi connectivity index (χ4v) is 8.15. The van der Waals surface area contributed by atoms with Crippen LogP contribution >= 0.6 is 0 Å². The average Bonchev–Trinajstić information content (AvgIpc) is 3.88. The molecule has 264 valence electrons. The molecule has 0 spiro atoms. The molecule has 4 nitrogen and oxygen atoms in total. The monoisotopic (exact) mass is 724 g/mol. The third-order valence-corrected chi connectivity index (χ3v) is 10.6. The Morgan fingerprint density at radius 1 is 0.500 bits per heavy atom. The van der Waals surface area contributed by atoms with Crippen molar-refractivity contribution in [2.24, 2.45) is 0 Å². The summed E-state index contributed by atoms with van der Waals surface area (Å²) in [6.07, 6.45) is 6.27. The average molecular weight is 725 g/mol. The van der Waals surface area contributed by atoms with Crippen molar-refractivity contribution < 1.29 is 11.0 Å². The summed E-state index contributed by atoms with van der Waals surface area (Å²) in [6.45, 7) is 0. The molecule has 1 aliphatic rings. The predicted molar refractivity (Wildman–Crippen MR) is 232 cm³/mol. The second-order valence-electron chi connectivity index (χ2n) is 13.9. The van der Waals surface area contributed by atoms with E-state index < -0.39 is 24.2 Å². The van der Waals surface area contributed by atoms with Gasteiger partial charge in [0.05, 0.1) is 44.6 Å². The summed E-state index contributed by atoms with van der Waals surface area (Å²) in [5.41, 5.74) is 10.3. The van der Waals surface area contributed by atoms with E-state index in [1.54, 1.807) is 4.57 Å². The van der Waals surface area contributed by atoms with Crippen molar-refractivity contribution in [1.29, 1.82) is 0 Å². The lowest BCUT2D eigenvalue weighted by atomic mass is 10.0. The molecule has 3 aromatic heterocycles. The van der Waals surface area contributed by atoms with Gasteiger partial charge in [0.15, 0.2) is 5.82 Å². The zero-order valence-corrected chi connectivity index (χ0v) is 30.1. The van der Waals surface area contributed by atoms with Crippen LogP contribution in [0.15, 0.2) is 188 Å². The molecule has 0 saturated heterocycles. The number of para-hydroxylation sites is 4. The molecule has 0 bridgehead atoms. The van der Waals surface area contributed by atoms with Gasteiger partial charge in [-0.25, -0.2) is 9.97 Å². The molecular weight excluding hydrogens is 681 g/mol. The highest BCUT2D eigenvalue weighted by Crippen LogP contribution is 2.40. The molecule has 10 aromatic rings. The first-order chi connectivity index (χ1) is 31.1. The van der Waals surface area contributed by atoms with Gasteiger partial charge in [0, 0.05) is 49.8 Å². The first kappa shape index (κ1) is 24.9. The van der Waals surface area contributed by atoms with Gasteiger partial charge in [0.1, 0.15) is 0 Å². The number of aromatic nitrogens is 4. The van der Waals surface area contributed by atoms with Crippen molar-refractivity contribution in [3.63, 3.8) is 0 Å². The smallest absolute Gasteiger partial charge is 0.160 e. The van der Waals surface area contributed by atoms with Gasteiger partial charge in [0.25, 0.3) is 0 Å². The second-order valence-corrected chi connectivity index (χ2v) is 13.9. The van der Waals surface area contributed by atoms with Crippen LogP contribution in [-0.4, -0.2) is 19.1 Å². The Labute approximate surface area is 336 Å². The predicted octanol–water partition coefficient (Wildman–Crippen LogP) is 13.1. The number of benzene rings is 7. The summed E-state index contributed by atoms with van der Waals surface area (Å²) in [6, 6.07) is 40.6. The molecule has 1 aliphatic carbocycles. The molecule has 0 aliphatic heterocycles. The van der Waals surface area contributed by atoms with E-state index in [2.05, 4.69) is 53.1 Å². The maximum absolute atomic E-state index is 9.21. The lowest BCUT2D eigenvalue weighted by molar-refractivity contribution is 0.889. The first-order valence-corrected chi connectivity index (χ1v) is 18.7. The van der Waals surface area contributed by atoms with E-state index in [1.165, 1.54) is 16.6 Å². The van der Waals surface area contributed by atoms with Gasteiger partial charge in [-0.2, -0.15) is 0 Å². The standard InChI is InChI=1S/C52H36N4/c1-3-17-35(18-4-1)37-31-38(33-39(32-37)55-47-26-12-7-21-40(47)41-22-8-13-27-48(41)55)52-53-45(36-19-5-2-6-20-36)34-46(54-52)44-25-11-16-30-51(44)56-49-28-14-9-23-42(49)43-24-10-15-29-50(43)56/h1-14,16-28,30-34H,15,29H2/i7D,8D,12D,13D,21D,22D,26D,27D. The van der Waals surface area contributed by atoms with Crippen molar-refractivity contribution in [3.8, 4) is 56.4 Å². The molecule has 4 heteroatoms. The zero-order valence-electron chi connectivity index (χ0n) is 38.1. The molecule has 56 heavy (non-hydrogen) atoms. The van der Waals surface area contributed by atoms with Gasteiger partial charge in [-0.1, -0.05) is 145 Å². The van der Waals surface area contributed by atoms with Crippen LogP contribution in [0.4, 0.5) is 0 Å². The van der Waals surface area contributed by atoms with E-state index in [0.29, 0.717) is 28.5 Å². The molecule has 0 N–H and O–H groups in total. The Bertz CT molecular complexity index is 3520. The molecule has 0 unspecified atom stereocenters. The molecule has 0 fully saturated rings.